The van der Waals surface area contributed by atoms with Gasteiger partial charge in [0.05, 0.1) is 12.2 Å². The number of benzene rings is 1. The Morgan fingerprint density at radius 3 is 2.69 bits per heavy atom. The van der Waals surface area contributed by atoms with Gasteiger partial charge in [-0.15, -0.1) is 11.3 Å². The number of fused-ring (bicyclic) bond motifs is 1. The maximum atomic E-state index is 12.7. The van der Waals surface area contributed by atoms with E-state index in [1.165, 1.54) is 6.08 Å². The van der Waals surface area contributed by atoms with E-state index in [0.29, 0.717) is 22.6 Å². The number of rotatable bonds is 7. The molecule has 0 fully saturated rings. The number of amides is 1. The zero-order valence-electron chi connectivity index (χ0n) is 15.9. The number of esters is 2. The standard InChI is InChI=1S/C20H19NO7S/c1-4-8-26-20(24)16-11(3)15(19(23)25-5-2)18(29-16)21-17(22)12-6-7-13-14(9-12)28-10-27-13/h4,6-7,9H,1,5,8,10H2,2-3H3,(H,21,22). The van der Waals surface area contributed by atoms with Gasteiger partial charge in [-0.05, 0) is 37.6 Å². The van der Waals surface area contributed by atoms with Gasteiger partial charge in [-0.25, -0.2) is 9.59 Å². The molecule has 0 radical (unpaired) electrons. The van der Waals surface area contributed by atoms with Crippen LogP contribution >= 0.6 is 11.3 Å². The summed E-state index contributed by atoms with van der Waals surface area (Å²) in [6.07, 6.45) is 1.44. The highest BCUT2D eigenvalue weighted by Gasteiger charge is 2.28. The van der Waals surface area contributed by atoms with E-state index >= 15 is 0 Å². The molecule has 1 amide bonds. The summed E-state index contributed by atoms with van der Waals surface area (Å²) in [6, 6.07) is 4.75. The van der Waals surface area contributed by atoms with Crippen LogP contribution in [-0.4, -0.2) is 37.9 Å². The van der Waals surface area contributed by atoms with Crippen LogP contribution in [0.15, 0.2) is 30.9 Å². The number of ether oxygens (including phenoxy) is 4. The fourth-order valence-corrected chi connectivity index (χ4v) is 3.74. The van der Waals surface area contributed by atoms with Gasteiger partial charge >= 0.3 is 11.9 Å². The maximum absolute atomic E-state index is 12.7. The number of nitrogens with one attached hydrogen (secondary N) is 1. The first kappa shape index (κ1) is 20.4. The summed E-state index contributed by atoms with van der Waals surface area (Å²) in [6.45, 7) is 7.04. The average Bonchev–Trinajstić information content (AvgIpc) is 3.29. The van der Waals surface area contributed by atoms with Gasteiger partial charge < -0.3 is 24.3 Å². The first-order valence-corrected chi connectivity index (χ1v) is 9.57. The molecule has 2 heterocycles. The summed E-state index contributed by atoms with van der Waals surface area (Å²) in [7, 11) is 0. The molecule has 152 valence electrons. The van der Waals surface area contributed by atoms with Gasteiger partial charge in [-0.1, -0.05) is 12.7 Å². The largest absolute Gasteiger partial charge is 0.462 e. The Labute approximate surface area is 171 Å². The van der Waals surface area contributed by atoms with Crippen molar-refractivity contribution in [1.29, 1.82) is 0 Å². The molecule has 1 aliphatic rings. The van der Waals surface area contributed by atoms with Gasteiger partial charge in [0.25, 0.3) is 5.91 Å². The molecular formula is C20H19NO7S. The SMILES string of the molecule is C=CCOC(=O)c1sc(NC(=O)c2ccc3c(c2)OCO3)c(C(=O)OCC)c1C. The fourth-order valence-electron chi connectivity index (χ4n) is 2.66. The van der Waals surface area contributed by atoms with Crippen molar-refractivity contribution in [3.8, 4) is 11.5 Å². The highest BCUT2D eigenvalue weighted by atomic mass is 32.1. The first-order valence-electron chi connectivity index (χ1n) is 8.75. The second-order valence-corrected chi connectivity index (χ2v) is 6.91. The topological polar surface area (TPSA) is 100 Å². The van der Waals surface area contributed by atoms with Crippen molar-refractivity contribution in [3.63, 3.8) is 0 Å². The molecule has 1 aliphatic heterocycles. The van der Waals surface area contributed by atoms with E-state index in [9.17, 15) is 14.4 Å². The molecule has 1 aromatic heterocycles. The van der Waals surface area contributed by atoms with Crippen LogP contribution in [-0.2, 0) is 9.47 Å². The lowest BCUT2D eigenvalue weighted by atomic mass is 10.1. The Balaban J connectivity index is 1.92. The molecule has 8 nitrogen and oxygen atoms in total. The van der Waals surface area contributed by atoms with Gasteiger partial charge in [0.15, 0.2) is 11.5 Å². The fraction of sp³-hybridized carbons (Fsp3) is 0.250. The Morgan fingerprint density at radius 2 is 1.97 bits per heavy atom. The van der Waals surface area contributed by atoms with Crippen molar-refractivity contribution in [2.24, 2.45) is 0 Å². The van der Waals surface area contributed by atoms with Crippen LogP contribution in [0.2, 0.25) is 0 Å². The number of anilines is 1. The molecule has 1 aromatic carbocycles. The lowest BCUT2D eigenvalue weighted by Crippen LogP contribution is -2.15. The predicted octanol–water partition coefficient (Wildman–Crippen LogP) is 3.56. The quantitative estimate of drug-likeness (QED) is 0.543. The minimum atomic E-state index is -0.634. The number of thiophene rings is 1. The van der Waals surface area contributed by atoms with Crippen LogP contribution in [0, 0.1) is 6.92 Å². The van der Waals surface area contributed by atoms with Crippen LogP contribution in [0.3, 0.4) is 0 Å². The van der Waals surface area contributed by atoms with Crippen LogP contribution in [0.4, 0.5) is 5.00 Å². The lowest BCUT2D eigenvalue weighted by Gasteiger charge is -2.07. The summed E-state index contributed by atoms with van der Waals surface area (Å²) in [5.74, 6) is -0.708. The maximum Gasteiger partial charge on any atom is 0.348 e. The summed E-state index contributed by atoms with van der Waals surface area (Å²) < 4.78 is 20.7. The van der Waals surface area contributed by atoms with Crippen molar-refractivity contribution in [2.45, 2.75) is 13.8 Å². The van der Waals surface area contributed by atoms with E-state index in [4.69, 9.17) is 18.9 Å². The van der Waals surface area contributed by atoms with Crippen molar-refractivity contribution < 1.29 is 33.3 Å². The van der Waals surface area contributed by atoms with Gasteiger partial charge in [-0.2, -0.15) is 0 Å². The first-order chi connectivity index (χ1) is 14.0. The van der Waals surface area contributed by atoms with Gasteiger partial charge in [0, 0.05) is 5.56 Å². The second-order valence-electron chi connectivity index (χ2n) is 5.89. The Kier molecular flexibility index (Phi) is 6.18. The summed E-state index contributed by atoms with van der Waals surface area (Å²) in [5, 5.41) is 2.89. The highest BCUT2D eigenvalue weighted by molar-refractivity contribution is 7.18. The highest BCUT2D eigenvalue weighted by Crippen LogP contribution is 2.36. The molecule has 0 atom stereocenters. The average molecular weight is 417 g/mol. The van der Waals surface area contributed by atoms with E-state index in [1.54, 1.807) is 32.0 Å². The molecule has 0 spiro atoms. The van der Waals surface area contributed by atoms with Gasteiger partial charge in [0.2, 0.25) is 6.79 Å². The minimum absolute atomic E-state index is 0.0315. The summed E-state index contributed by atoms with van der Waals surface area (Å²) in [5.41, 5.74) is 0.811. The third kappa shape index (κ3) is 4.24. The van der Waals surface area contributed by atoms with E-state index < -0.39 is 17.8 Å². The molecule has 0 bridgehead atoms. The Hall–Kier alpha value is -3.33. The van der Waals surface area contributed by atoms with E-state index in [-0.39, 0.29) is 35.4 Å². The normalized spacial score (nSPS) is 11.7. The van der Waals surface area contributed by atoms with Crippen LogP contribution in [0.1, 0.15) is 42.9 Å². The number of carbonyl (C=O) groups is 3. The zero-order valence-corrected chi connectivity index (χ0v) is 16.7. The van der Waals surface area contributed by atoms with Crippen molar-refractivity contribution in [2.75, 3.05) is 25.3 Å². The molecule has 0 aliphatic carbocycles. The Bertz CT molecular complexity index is 979. The lowest BCUT2D eigenvalue weighted by molar-refractivity contribution is 0.0527. The summed E-state index contributed by atoms with van der Waals surface area (Å²) >= 11 is 0.950. The number of hydrogen-bond donors (Lipinski definition) is 1. The molecular weight excluding hydrogens is 398 g/mol. The van der Waals surface area contributed by atoms with Crippen LogP contribution in [0.25, 0.3) is 0 Å². The summed E-state index contributed by atoms with van der Waals surface area (Å²) in [4.78, 5) is 37.7. The van der Waals surface area contributed by atoms with Crippen molar-refractivity contribution in [3.05, 3.63) is 52.4 Å². The van der Waals surface area contributed by atoms with Crippen LogP contribution in [0.5, 0.6) is 11.5 Å². The molecule has 9 heteroatoms. The molecule has 2 aromatic rings. The Morgan fingerprint density at radius 1 is 1.21 bits per heavy atom. The van der Waals surface area contributed by atoms with Crippen molar-refractivity contribution in [1.82, 2.24) is 0 Å². The number of carbonyl (C=O) groups excluding carboxylic acids is 3. The molecule has 0 saturated carbocycles. The molecule has 29 heavy (non-hydrogen) atoms. The second kappa shape index (κ2) is 8.78. The van der Waals surface area contributed by atoms with E-state index in [2.05, 4.69) is 11.9 Å². The number of hydrogen-bond acceptors (Lipinski definition) is 8. The molecule has 0 unspecified atom stereocenters. The van der Waals surface area contributed by atoms with E-state index in [1.807, 2.05) is 0 Å². The van der Waals surface area contributed by atoms with E-state index in [0.717, 1.165) is 11.3 Å². The third-order valence-corrected chi connectivity index (χ3v) is 5.19. The van der Waals surface area contributed by atoms with Gasteiger partial charge in [0.1, 0.15) is 16.5 Å². The molecule has 0 saturated heterocycles. The smallest absolute Gasteiger partial charge is 0.348 e. The van der Waals surface area contributed by atoms with Gasteiger partial charge in [-0.3, -0.25) is 4.79 Å². The molecule has 3 rings (SSSR count). The van der Waals surface area contributed by atoms with Crippen LogP contribution < -0.4 is 14.8 Å². The predicted molar refractivity (Wildman–Crippen MR) is 106 cm³/mol. The van der Waals surface area contributed by atoms with Crippen molar-refractivity contribution >= 4 is 34.2 Å². The monoisotopic (exact) mass is 417 g/mol. The third-order valence-electron chi connectivity index (χ3n) is 4.01. The minimum Gasteiger partial charge on any atom is -0.462 e. The molecule has 1 N–H and O–H groups in total. The zero-order chi connectivity index (χ0) is 21.0.